The summed E-state index contributed by atoms with van der Waals surface area (Å²) in [6.45, 7) is 0. The molecule has 1 N–H and O–H groups in total. The number of anilines is 1. The normalized spacial score (nSPS) is 11.6. The summed E-state index contributed by atoms with van der Waals surface area (Å²) in [5.41, 5.74) is -3.23. The second kappa shape index (κ2) is 8.29. The maximum Gasteiger partial charge on any atom is 0.418 e. The summed E-state index contributed by atoms with van der Waals surface area (Å²) < 4.78 is 39.5. The van der Waals surface area contributed by atoms with Crippen LogP contribution in [0.5, 0.6) is 0 Å². The molecule has 0 aliphatic rings. The number of nitrogens with zero attached hydrogens (tertiary/aromatic N) is 2. The molecule has 0 spiro atoms. The molecule has 28 heavy (non-hydrogen) atoms. The van der Waals surface area contributed by atoms with E-state index in [1.807, 2.05) is 5.32 Å². The standard InChI is InChI=1S/C17H8Cl2F3N3O3/c18-11-2-1-9(14(19)6-11)5-10(8-23)16(26)24-15-4-3-12(25(27)28)7-13(15)17(20,21)22/h1-7H,(H,24,26)/b10-5+. The number of benzene rings is 2. The maximum atomic E-state index is 13.2. The van der Waals surface area contributed by atoms with Crippen molar-refractivity contribution in [3.63, 3.8) is 0 Å². The molecule has 0 aromatic heterocycles. The number of halogens is 5. The molecule has 0 radical (unpaired) electrons. The summed E-state index contributed by atoms with van der Waals surface area (Å²) in [6, 6.07) is 7.63. The van der Waals surface area contributed by atoms with Crippen molar-refractivity contribution in [2.24, 2.45) is 0 Å². The average molecular weight is 430 g/mol. The molecule has 0 atom stereocenters. The zero-order chi connectivity index (χ0) is 21.1. The Balaban J connectivity index is 2.41. The third-order valence-electron chi connectivity index (χ3n) is 3.39. The molecular weight excluding hydrogens is 422 g/mol. The fourth-order valence-electron chi connectivity index (χ4n) is 2.10. The van der Waals surface area contributed by atoms with Crippen LogP contribution < -0.4 is 5.32 Å². The van der Waals surface area contributed by atoms with Gasteiger partial charge in [0.1, 0.15) is 11.6 Å². The minimum Gasteiger partial charge on any atom is -0.321 e. The summed E-state index contributed by atoms with van der Waals surface area (Å²) in [7, 11) is 0. The minimum atomic E-state index is -4.97. The lowest BCUT2D eigenvalue weighted by molar-refractivity contribution is -0.385. The first kappa shape index (κ1) is 21.2. The Morgan fingerprint density at radius 2 is 1.89 bits per heavy atom. The van der Waals surface area contributed by atoms with Crippen LogP contribution in [0.1, 0.15) is 11.1 Å². The quantitative estimate of drug-likeness (QED) is 0.301. The molecule has 1 amide bonds. The van der Waals surface area contributed by atoms with E-state index in [-0.39, 0.29) is 10.6 Å². The van der Waals surface area contributed by atoms with Gasteiger partial charge in [0, 0.05) is 22.2 Å². The van der Waals surface area contributed by atoms with Crippen LogP contribution in [0.2, 0.25) is 10.0 Å². The second-order valence-electron chi connectivity index (χ2n) is 5.27. The van der Waals surface area contributed by atoms with Gasteiger partial charge in [0.2, 0.25) is 0 Å². The molecule has 2 aromatic rings. The fraction of sp³-hybridized carbons (Fsp3) is 0.0588. The third-order valence-corrected chi connectivity index (χ3v) is 3.96. The van der Waals surface area contributed by atoms with E-state index in [1.54, 1.807) is 6.07 Å². The van der Waals surface area contributed by atoms with Crippen molar-refractivity contribution < 1.29 is 22.9 Å². The molecule has 0 saturated heterocycles. The van der Waals surface area contributed by atoms with E-state index in [0.717, 1.165) is 18.2 Å². The van der Waals surface area contributed by atoms with Crippen molar-refractivity contribution in [1.82, 2.24) is 0 Å². The molecule has 0 heterocycles. The Hall–Kier alpha value is -3.09. The summed E-state index contributed by atoms with van der Waals surface area (Å²) >= 11 is 11.7. The van der Waals surface area contributed by atoms with Gasteiger partial charge in [-0.05, 0) is 29.8 Å². The smallest absolute Gasteiger partial charge is 0.321 e. The van der Waals surface area contributed by atoms with Gasteiger partial charge in [-0.2, -0.15) is 18.4 Å². The van der Waals surface area contributed by atoms with Crippen molar-refractivity contribution in [3.8, 4) is 6.07 Å². The molecule has 6 nitrogen and oxygen atoms in total. The monoisotopic (exact) mass is 429 g/mol. The number of hydrogen-bond donors (Lipinski definition) is 1. The Morgan fingerprint density at radius 1 is 1.21 bits per heavy atom. The molecule has 0 unspecified atom stereocenters. The lowest BCUT2D eigenvalue weighted by atomic mass is 10.1. The van der Waals surface area contributed by atoms with Gasteiger partial charge in [0.05, 0.1) is 16.2 Å². The zero-order valence-corrected chi connectivity index (χ0v) is 15.1. The number of nitro groups is 1. The molecule has 0 aliphatic carbocycles. The first-order valence-corrected chi connectivity index (χ1v) is 8.02. The highest BCUT2D eigenvalue weighted by molar-refractivity contribution is 6.35. The van der Waals surface area contributed by atoms with Crippen LogP contribution in [0.15, 0.2) is 42.0 Å². The van der Waals surface area contributed by atoms with Gasteiger partial charge in [-0.1, -0.05) is 29.3 Å². The van der Waals surface area contributed by atoms with E-state index in [0.29, 0.717) is 11.1 Å². The Kier molecular flexibility index (Phi) is 6.28. The topological polar surface area (TPSA) is 96.0 Å². The van der Waals surface area contributed by atoms with Crippen LogP contribution in [-0.4, -0.2) is 10.8 Å². The molecule has 0 aliphatic heterocycles. The number of hydrogen-bond acceptors (Lipinski definition) is 4. The van der Waals surface area contributed by atoms with Gasteiger partial charge in [-0.15, -0.1) is 0 Å². The summed E-state index contributed by atoms with van der Waals surface area (Å²) in [4.78, 5) is 22.0. The second-order valence-corrected chi connectivity index (χ2v) is 6.12. The predicted molar refractivity (Wildman–Crippen MR) is 96.8 cm³/mol. The van der Waals surface area contributed by atoms with Crippen molar-refractivity contribution in [1.29, 1.82) is 5.26 Å². The van der Waals surface area contributed by atoms with Gasteiger partial charge < -0.3 is 5.32 Å². The number of carbonyl (C=O) groups excluding carboxylic acids is 1. The SMILES string of the molecule is N#C/C(=C\c1ccc(Cl)cc1Cl)C(=O)Nc1ccc([N+](=O)[O-])cc1C(F)(F)F. The van der Waals surface area contributed by atoms with Crippen LogP contribution >= 0.6 is 23.2 Å². The molecular formula is C17H8Cl2F3N3O3. The average Bonchev–Trinajstić information content (AvgIpc) is 2.60. The zero-order valence-electron chi connectivity index (χ0n) is 13.6. The maximum absolute atomic E-state index is 13.2. The highest BCUT2D eigenvalue weighted by Crippen LogP contribution is 2.37. The molecule has 0 bridgehead atoms. The first-order valence-electron chi connectivity index (χ1n) is 7.26. The number of non-ortho nitro benzene ring substituents is 1. The number of amides is 1. The summed E-state index contributed by atoms with van der Waals surface area (Å²) in [5.74, 6) is -1.15. The van der Waals surface area contributed by atoms with E-state index < -0.39 is 39.5 Å². The van der Waals surface area contributed by atoms with Gasteiger partial charge in [-0.3, -0.25) is 14.9 Å². The highest BCUT2D eigenvalue weighted by atomic mass is 35.5. The number of rotatable bonds is 4. The Labute approximate surface area is 165 Å². The molecule has 0 saturated carbocycles. The lowest BCUT2D eigenvalue weighted by Gasteiger charge is -2.13. The molecule has 11 heteroatoms. The van der Waals surface area contributed by atoms with E-state index in [4.69, 9.17) is 28.5 Å². The largest absolute Gasteiger partial charge is 0.418 e. The van der Waals surface area contributed by atoms with Crippen LogP contribution in [0.3, 0.4) is 0 Å². The van der Waals surface area contributed by atoms with E-state index in [9.17, 15) is 28.1 Å². The molecule has 0 fully saturated rings. The molecule has 2 rings (SSSR count). The van der Waals surface area contributed by atoms with Gasteiger partial charge in [0.25, 0.3) is 11.6 Å². The first-order chi connectivity index (χ1) is 13.0. The Morgan fingerprint density at radius 3 is 2.43 bits per heavy atom. The van der Waals surface area contributed by atoms with Crippen molar-refractivity contribution in [3.05, 3.63) is 73.3 Å². The van der Waals surface area contributed by atoms with Gasteiger partial charge in [-0.25, -0.2) is 0 Å². The minimum absolute atomic E-state index is 0.124. The van der Waals surface area contributed by atoms with Crippen LogP contribution in [0.4, 0.5) is 24.5 Å². The number of carbonyl (C=O) groups is 1. The lowest BCUT2D eigenvalue weighted by Crippen LogP contribution is -2.18. The number of nitriles is 1. The van der Waals surface area contributed by atoms with Gasteiger partial charge in [0.15, 0.2) is 0 Å². The van der Waals surface area contributed by atoms with Gasteiger partial charge >= 0.3 is 6.18 Å². The van der Waals surface area contributed by atoms with Crippen LogP contribution in [-0.2, 0) is 11.0 Å². The van der Waals surface area contributed by atoms with E-state index in [1.165, 1.54) is 18.2 Å². The van der Waals surface area contributed by atoms with Crippen molar-refractivity contribution >= 4 is 46.6 Å². The van der Waals surface area contributed by atoms with E-state index in [2.05, 4.69) is 0 Å². The number of nitro benzene ring substituents is 1. The summed E-state index contributed by atoms with van der Waals surface area (Å²) in [6.07, 6.45) is -3.89. The predicted octanol–water partition coefficient (Wildman–Crippen LogP) is 5.47. The third kappa shape index (κ3) is 5.00. The molecule has 2 aromatic carbocycles. The Bertz CT molecular complexity index is 1030. The number of alkyl halides is 3. The highest BCUT2D eigenvalue weighted by Gasteiger charge is 2.35. The van der Waals surface area contributed by atoms with Crippen LogP contribution in [0, 0.1) is 21.4 Å². The molecule has 144 valence electrons. The van der Waals surface area contributed by atoms with Crippen molar-refractivity contribution in [2.45, 2.75) is 6.18 Å². The van der Waals surface area contributed by atoms with Crippen LogP contribution in [0.25, 0.3) is 6.08 Å². The fourth-order valence-corrected chi connectivity index (χ4v) is 2.56. The van der Waals surface area contributed by atoms with Crippen molar-refractivity contribution in [2.75, 3.05) is 5.32 Å². The van der Waals surface area contributed by atoms with E-state index >= 15 is 0 Å². The summed E-state index contributed by atoms with van der Waals surface area (Å²) in [5, 5.41) is 22.3. The number of nitrogens with one attached hydrogen (secondary N) is 1.